The smallest absolute Gasteiger partial charge is 0.343 e. The summed E-state index contributed by atoms with van der Waals surface area (Å²) in [4.78, 5) is 38.3. The first-order valence-corrected chi connectivity index (χ1v) is 9.32. The van der Waals surface area contributed by atoms with E-state index in [0.717, 1.165) is 5.56 Å². The molecule has 0 aliphatic rings. The molecule has 0 spiro atoms. The number of aromatic nitrogens is 1. The molecule has 6 nitrogen and oxygen atoms in total. The van der Waals surface area contributed by atoms with Gasteiger partial charge in [0, 0.05) is 17.4 Å². The Morgan fingerprint density at radius 1 is 1.00 bits per heavy atom. The van der Waals surface area contributed by atoms with Crippen molar-refractivity contribution >= 4 is 11.8 Å². The Hall–Kier alpha value is -3.67. The van der Waals surface area contributed by atoms with E-state index in [9.17, 15) is 19.5 Å². The number of aromatic hydroxyl groups is 1. The fourth-order valence-electron chi connectivity index (χ4n) is 2.98. The van der Waals surface area contributed by atoms with E-state index in [0.29, 0.717) is 12.1 Å². The molecule has 0 saturated carbocycles. The highest BCUT2D eigenvalue weighted by molar-refractivity contribution is 6.11. The highest BCUT2D eigenvalue weighted by Gasteiger charge is 2.21. The Labute approximate surface area is 168 Å². The molecule has 0 saturated heterocycles. The summed E-state index contributed by atoms with van der Waals surface area (Å²) in [7, 11) is 0. The second-order valence-corrected chi connectivity index (χ2v) is 6.41. The van der Waals surface area contributed by atoms with Crippen LogP contribution < -0.4 is 5.56 Å². The lowest BCUT2D eigenvalue weighted by Crippen LogP contribution is -2.27. The van der Waals surface area contributed by atoms with Crippen LogP contribution in [0.2, 0.25) is 0 Å². The molecule has 0 aliphatic carbocycles. The number of nitrogens with zero attached hydrogens (tertiary/aromatic N) is 1. The minimum Gasteiger partial charge on any atom is -0.507 e. The van der Waals surface area contributed by atoms with Crippen molar-refractivity contribution in [1.82, 2.24) is 4.57 Å². The largest absolute Gasteiger partial charge is 0.507 e. The van der Waals surface area contributed by atoms with E-state index in [2.05, 4.69) is 0 Å². The van der Waals surface area contributed by atoms with Crippen LogP contribution in [0, 0.1) is 0 Å². The van der Waals surface area contributed by atoms with Crippen LogP contribution in [0.4, 0.5) is 0 Å². The van der Waals surface area contributed by atoms with Crippen LogP contribution in [-0.2, 0) is 11.2 Å². The van der Waals surface area contributed by atoms with Gasteiger partial charge in [-0.25, -0.2) is 4.79 Å². The number of hydrogen-bond acceptors (Lipinski definition) is 5. The highest BCUT2D eigenvalue weighted by Crippen LogP contribution is 2.23. The van der Waals surface area contributed by atoms with Crippen molar-refractivity contribution in [3.8, 4) is 11.4 Å². The number of carbonyl (C=O) groups excluding carboxylic acids is 2. The third-order valence-electron chi connectivity index (χ3n) is 4.52. The topological polar surface area (TPSA) is 85.6 Å². The number of ether oxygens (including phenoxy) is 1. The molecule has 29 heavy (non-hydrogen) atoms. The monoisotopic (exact) mass is 391 g/mol. The van der Waals surface area contributed by atoms with Gasteiger partial charge in [0.25, 0.3) is 5.56 Å². The van der Waals surface area contributed by atoms with Crippen molar-refractivity contribution in [2.24, 2.45) is 0 Å². The van der Waals surface area contributed by atoms with Gasteiger partial charge in [0.05, 0.1) is 12.2 Å². The number of ketones is 1. The molecular weight excluding hydrogens is 370 g/mol. The van der Waals surface area contributed by atoms with Crippen molar-refractivity contribution < 1.29 is 19.4 Å². The van der Waals surface area contributed by atoms with Crippen LogP contribution >= 0.6 is 0 Å². The number of phenols is 1. The minimum atomic E-state index is -0.802. The summed E-state index contributed by atoms with van der Waals surface area (Å²) in [5, 5.41) is 10.2. The predicted molar refractivity (Wildman–Crippen MR) is 109 cm³/mol. The van der Waals surface area contributed by atoms with Crippen LogP contribution in [0.25, 0.3) is 5.69 Å². The van der Waals surface area contributed by atoms with Crippen LogP contribution in [0.5, 0.6) is 5.75 Å². The fourth-order valence-corrected chi connectivity index (χ4v) is 2.98. The zero-order valence-corrected chi connectivity index (χ0v) is 16.2. The molecule has 6 heteroatoms. The summed E-state index contributed by atoms with van der Waals surface area (Å²) in [6.45, 7) is 3.67. The van der Waals surface area contributed by atoms with E-state index in [4.69, 9.17) is 4.74 Å². The second kappa shape index (κ2) is 8.56. The lowest BCUT2D eigenvalue weighted by atomic mass is 9.99. The van der Waals surface area contributed by atoms with Gasteiger partial charge in [-0.15, -0.1) is 0 Å². The molecule has 3 rings (SSSR count). The number of aryl methyl sites for hydroxylation is 1. The summed E-state index contributed by atoms with van der Waals surface area (Å²) < 4.78 is 6.22. The van der Waals surface area contributed by atoms with Crippen molar-refractivity contribution in [3.63, 3.8) is 0 Å². The number of benzene rings is 2. The maximum Gasteiger partial charge on any atom is 0.343 e. The number of carbonyl (C=O) groups is 2. The van der Waals surface area contributed by atoms with Crippen LogP contribution in [0.3, 0.4) is 0 Å². The molecule has 3 aromatic rings. The first-order chi connectivity index (χ1) is 14.0. The van der Waals surface area contributed by atoms with Gasteiger partial charge in [0.1, 0.15) is 11.3 Å². The van der Waals surface area contributed by atoms with E-state index in [1.54, 1.807) is 49.4 Å². The van der Waals surface area contributed by atoms with Gasteiger partial charge in [-0.05, 0) is 49.2 Å². The number of pyridine rings is 1. The van der Waals surface area contributed by atoms with E-state index in [-0.39, 0.29) is 29.0 Å². The van der Waals surface area contributed by atoms with Gasteiger partial charge in [0.15, 0.2) is 5.78 Å². The summed E-state index contributed by atoms with van der Waals surface area (Å²) >= 11 is 0. The molecule has 0 atom stereocenters. The van der Waals surface area contributed by atoms with Crippen molar-refractivity contribution in [3.05, 3.63) is 93.4 Å². The van der Waals surface area contributed by atoms with E-state index in [1.807, 2.05) is 6.92 Å². The molecule has 148 valence electrons. The molecule has 1 heterocycles. The van der Waals surface area contributed by atoms with Crippen LogP contribution in [0.1, 0.15) is 45.7 Å². The van der Waals surface area contributed by atoms with Crippen molar-refractivity contribution in [2.45, 2.75) is 20.3 Å². The van der Waals surface area contributed by atoms with Gasteiger partial charge >= 0.3 is 5.97 Å². The Balaban J connectivity index is 2.21. The minimum absolute atomic E-state index is 0.0973. The van der Waals surface area contributed by atoms with E-state index in [1.165, 1.54) is 22.9 Å². The van der Waals surface area contributed by atoms with E-state index < -0.39 is 17.3 Å². The average Bonchev–Trinajstić information content (AvgIpc) is 2.74. The molecule has 1 N–H and O–H groups in total. The third-order valence-corrected chi connectivity index (χ3v) is 4.52. The van der Waals surface area contributed by atoms with Gasteiger partial charge in [-0.2, -0.15) is 0 Å². The van der Waals surface area contributed by atoms with Crippen LogP contribution in [-0.4, -0.2) is 28.0 Å². The fraction of sp³-hybridized carbons (Fsp3) is 0.174. The normalized spacial score (nSPS) is 10.6. The summed E-state index contributed by atoms with van der Waals surface area (Å²) in [6.07, 6.45) is 2.07. The zero-order chi connectivity index (χ0) is 21.0. The summed E-state index contributed by atoms with van der Waals surface area (Å²) in [5.41, 5.74) is 0.764. The number of esters is 1. The van der Waals surface area contributed by atoms with Gasteiger partial charge < -0.3 is 9.84 Å². The van der Waals surface area contributed by atoms with Gasteiger partial charge in [-0.3, -0.25) is 14.2 Å². The molecule has 0 fully saturated rings. The molecule has 0 bridgehead atoms. The third kappa shape index (κ3) is 4.11. The maximum absolute atomic E-state index is 13.1. The molecular formula is C23H21NO5. The number of phenolic OH excluding ortho intramolecular Hbond substituents is 1. The molecule has 2 aromatic carbocycles. The predicted octanol–water partition coefficient (Wildman–Crippen LogP) is 3.51. The van der Waals surface area contributed by atoms with Gasteiger partial charge in [-0.1, -0.05) is 31.2 Å². The second-order valence-electron chi connectivity index (χ2n) is 6.41. The molecule has 0 radical (unpaired) electrons. The lowest BCUT2D eigenvalue weighted by molar-refractivity contribution is 0.0524. The lowest BCUT2D eigenvalue weighted by Gasteiger charge is -2.12. The number of hydrogen-bond donors (Lipinski definition) is 1. The summed E-state index contributed by atoms with van der Waals surface area (Å²) in [5.74, 6) is -1.46. The number of para-hydroxylation sites is 1. The first-order valence-electron chi connectivity index (χ1n) is 9.32. The number of rotatable bonds is 6. The molecule has 0 amide bonds. The zero-order valence-electron chi connectivity index (χ0n) is 16.2. The van der Waals surface area contributed by atoms with Crippen molar-refractivity contribution in [2.75, 3.05) is 6.61 Å². The highest BCUT2D eigenvalue weighted by atomic mass is 16.5. The Kier molecular flexibility index (Phi) is 5.93. The maximum atomic E-state index is 13.1. The van der Waals surface area contributed by atoms with E-state index >= 15 is 0 Å². The van der Waals surface area contributed by atoms with Gasteiger partial charge in [0.2, 0.25) is 0 Å². The first kappa shape index (κ1) is 20.1. The SMILES string of the molecule is CCOC(=O)c1cc(C(=O)c2cc(CC)ccc2O)cn(-c2ccccc2)c1=O. The standard InChI is InChI=1S/C23H21NO5/c1-3-15-10-11-20(25)18(12-15)21(26)16-13-19(23(28)29-4-2)22(27)24(14-16)17-8-6-5-7-9-17/h5-14,25H,3-4H2,1-2H3. The Morgan fingerprint density at radius 3 is 2.38 bits per heavy atom. The molecule has 0 unspecified atom stereocenters. The summed E-state index contributed by atoms with van der Waals surface area (Å²) in [6, 6.07) is 14.7. The molecule has 0 aliphatic heterocycles. The Morgan fingerprint density at radius 2 is 1.72 bits per heavy atom. The Bertz CT molecular complexity index is 1120. The molecule has 1 aromatic heterocycles. The van der Waals surface area contributed by atoms with Crippen molar-refractivity contribution in [1.29, 1.82) is 0 Å². The quantitative estimate of drug-likeness (QED) is 0.513. The van der Waals surface area contributed by atoms with Crippen LogP contribution in [0.15, 0.2) is 65.6 Å². The average molecular weight is 391 g/mol.